The molecule has 4 aromatic rings. The van der Waals surface area contributed by atoms with E-state index in [-0.39, 0.29) is 6.04 Å². The third-order valence-electron chi connectivity index (χ3n) is 5.71. The van der Waals surface area contributed by atoms with Crippen LogP contribution in [0, 0.1) is 6.92 Å². The average Bonchev–Trinajstić information content (AvgIpc) is 3.24. The molecule has 0 spiro atoms. The van der Waals surface area contributed by atoms with E-state index in [0.29, 0.717) is 23.7 Å². The minimum atomic E-state index is -0.568. The lowest BCUT2D eigenvalue weighted by Crippen LogP contribution is -2.24. The van der Waals surface area contributed by atoms with Crippen molar-refractivity contribution in [2.24, 2.45) is 11.5 Å². The monoisotopic (exact) mass is 444 g/mol. The normalized spacial score (nSPS) is 12.0. The Kier molecular flexibility index (Phi) is 6.28. The van der Waals surface area contributed by atoms with Gasteiger partial charge in [-0.05, 0) is 42.7 Å². The van der Waals surface area contributed by atoms with Crippen LogP contribution in [0.1, 0.15) is 40.0 Å². The number of hydrogen-bond acceptors (Lipinski definition) is 6. The molecule has 170 valence electrons. The lowest BCUT2D eigenvalue weighted by Gasteiger charge is -2.20. The second-order valence-electron chi connectivity index (χ2n) is 7.90. The number of aryl methyl sites for hydroxylation is 2. The van der Waals surface area contributed by atoms with Crippen molar-refractivity contribution in [1.82, 2.24) is 14.5 Å². The van der Waals surface area contributed by atoms with Gasteiger partial charge in [-0.25, -0.2) is 9.97 Å². The van der Waals surface area contributed by atoms with Crippen molar-refractivity contribution >= 4 is 22.8 Å². The summed E-state index contributed by atoms with van der Waals surface area (Å²) in [6.45, 7) is 4.41. The molecule has 1 unspecified atom stereocenters. The average molecular weight is 445 g/mol. The van der Waals surface area contributed by atoms with Crippen LogP contribution >= 0.6 is 0 Å². The van der Waals surface area contributed by atoms with Gasteiger partial charge in [-0.3, -0.25) is 9.36 Å². The Hall–Kier alpha value is -3.91. The maximum Gasteiger partial charge on any atom is 0.252 e. The summed E-state index contributed by atoms with van der Waals surface area (Å²) < 4.78 is 7.41. The van der Waals surface area contributed by atoms with Crippen LogP contribution < -0.4 is 21.5 Å². The number of nitrogens with one attached hydrogen (secondary N) is 1. The number of primary amides is 1. The van der Waals surface area contributed by atoms with Gasteiger partial charge in [0.2, 0.25) is 0 Å². The lowest BCUT2D eigenvalue weighted by molar-refractivity contribution is 0.100. The first-order valence-corrected chi connectivity index (χ1v) is 10.8. The van der Waals surface area contributed by atoms with Gasteiger partial charge in [0.25, 0.3) is 5.91 Å². The number of rotatable bonds is 8. The summed E-state index contributed by atoms with van der Waals surface area (Å²) in [6.07, 6.45) is 2.55. The van der Waals surface area contributed by atoms with Crippen molar-refractivity contribution in [2.75, 3.05) is 19.0 Å². The van der Waals surface area contributed by atoms with Crippen LogP contribution in [-0.4, -0.2) is 34.1 Å². The third kappa shape index (κ3) is 4.38. The highest BCUT2D eigenvalue weighted by molar-refractivity contribution is 5.97. The number of carbonyl (C=O) groups excluding carboxylic acids is 1. The molecule has 4 rings (SSSR count). The quantitative estimate of drug-likeness (QED) is 0.382. The molecule has 0 fully saturated rings. The molecule has 1 atom stereocenters. The van der Waals surface area contributed by atoms with Crippen molar-refractivity contribution in [1.29, 1.82) is 0 Å². The Morgan fingerprint density at radius 1 is 1.21 bits per heavy atom. The van der Waals surface area contributed by atoms with Crippen LogP contribution in [0.2, 0.25) is 0 Å². The molecule has 2 aromatic heterocycles. The van der Waals surface area contributed by atoms with E-state index in [0.717, 1.165) is 39.9 Å². The summed E-state index contributed by atoms with van der Waals surface area (Å²) in [5, 5.41) is 3.32. The van der Waals surface area contributed by atoms with Gasteiger partial charge in [-0.1, -0.05) is 36.8 Å². The van der Waals surface area contributed by atoms with Crippen LogP contribution in [-0.2, 0) is 6.42 Å². The Morgan fingerprint density at radius 3 is 2.70 bits per heavy atom. The Balaban J connectivity index is 1.79. The van der Waals surface area contributed by atoms with Gasteiger partial charge in [0.05, 0.1) is 29.7 Å². The number of ether oxygens (including phenoxy) is 1. The van der Waals surface area contributed by atoms with E-state index >= 15 is 0 Å². The maximum atomic E-state index is 12.1. The fourth-order valence-corrected chi connectivity index (χ4v) is 3.95. The molecule has 0 aliphatic carbocycles. The van der Waals surface area contributed by atoms with E-state index < -0.39 is 5.91 Å². The SMILES string of the molecule is CCc1cc2ncn(-c3ccc(C(N)=O)c(NC(CN)c4cccc(C)c4)n3)c2cc1OC. The summed E-state index contributed by atoms with van der Waals surface area (Å²) in [4.78, 5) is 21.4. The number of fused-ring (bicyclic) bond motifs is 1. The molecule has 0 saturated carbocycles. The number of amides is 1. The number of benzene rings is 2. The number of methoxy groups -OCH3 is 1. The first-order chi connectivity index (χ1) is 15.9. The third-order valence-corrected chi connectivity index (χ3v) is 5.71. The van der Waals surface area contributed by atoms with Gasteiger partial charge in [0, 0.05) is 12.6 Å². The van der Waals surface area contributed by atoms with Gasteiger partial charge >= 0.3 is 0 Å². The number of pyridine rings is 1. The fourth-order valence-electron chi connectivity index (χ4n) is 3.95. The van der Waals surface area contributed by atoms with Crippen molar-refractivity contribution in [3.63, 3.8) is 0 Å². The summed E-state index contributed by atoms with van der Waals surface area (Å²) in [5.41, 5.74) is 16.9. The molecule has 0 bridgehead atoms. The molecule has 0 saturated heterocycles. The summed E-state index contributed by atoms with van der Waals surface area (Å²) in [7, 11) is 1.65. The van der Waals surface area contributed by atoms with Gasteiger partial charge in [-0.2, -0.15) is 0 Å². The lowest BCUT2D eigenvalue weighted by atomic mass is 10.0. The summed E-state index contributed by atoms with van der Waals surface area (Å²) >= 11 is 0. The van der Waals surface area contributed by atoms with E-state index in [1.54, 1.807) is 25.6 Å². The first kappa shape index (κ1) is 22.3. The van der Waals surface area contributed by atoms with E-state index in [1.165, 1.54) is 0 Å². The summed E-state index contributed by atoms with van der Waals surface area (Å²) in [5.74, 6) is 1.19. The largest absolute Gasteiger partial charge is 0.496 e. The maximum absolute atomic E-state index is 12.1. The molecule has 0 aliphatic heterocycles. The standard InChI is InChI=1S/C25H28N6O2/c1-4-16-11-19-21(12-22(16)33-3)31(14-28-19)23-9-8-18(24(27)32)25(30-23)29-20(13-26)17-7-5-6-15(2)10-17/h5-12,14,20H,4,13,26H2,1-3H3,(H2,27,32)(H,29,30). The molecule has 0 radical (unpaired) electrons. The van der Waals surface area contributed by atoms with Crippen molar-refractivity contribution in [3.05, 3.63) is 77.1 Å². The second kappa shape index (κ2) is 9.30. The molecular weight excluding hydrogens is 416 g/mol. The zero-order valence-corrected chi connectivity index (χ0v) is 19.0. The van der Waals surface area contributed by atoms with Crippen LogP contribution in [0.4, 0.5) is 5.82 Å². The molecule has 5 N–H and O–H groups in total. The Morgan fingerprint density at radius 2 is 2.03 bits per heavy atom. The Labute approximate surface area is 192 Å². The van der Waals surface area contributed by atoms with Crippen LogP contribution in [0.15, 0.2) is 54.9 Å². The van der Waals surface area contributed by atoms with E-state index in [1.807, 2.05) is 41.8 Å². The molecule has 2 heterocycles. The van der Waals surface area contributed by atoms with E-state index in [2.05, 4.69) is 23.3 Å². The number of anilines is 1. The van der Waals surface area contributed by atoms with Crippen LogP contribution in [0.5, 0.6) is 5.75 Å². The van der Waals surface area contributed by atoms with Gasteiger partial charge in [0.1, 0.15) is 23.7 Å². The van der Waals surface area contributed by atoms with Crippen molar-refractivity contribution in [2.45, 2.75) is 26.3 Å². The van der Waals surface area contributed by atoms with Gasteiger partial charge in [-0.15, -0.1) is 0 Å². The van der Waals surface area contributed by atoms with Crippen molar-refractivity contribution < 1.29 is 9.53 Å². The highest BCUT2D eigenvalue weighted by atomic mass is 16.5. The second-order valence-corrected chi connectivity index (χ2v) is 7.90. The molecule has 1 amide bonds. The number of aromatic nitrogens is 3. The molecule has 8 heteroatoms. The Bertz CT molecular complexity index is 1310. The highest BCUT2D eigenvalue weighted by Gasteiger charge is 2.18. The number of imidazole rings is 1. The topological polar surface area (TPSA) is 121 Å². The van der Waals surface area contributed by atoms with Gasteiger partial charge in [0.15, 0.2) is 0 Å². The molecule has 8 nitrogen and oxygen atoms in total. The zero-order chi connectivity index (χ0) is 23.5. The molecule has 0 aliphatic rings. The predicted molar refractivity (Wildman–Crippen MR) is 130 cm³/mol. The van der Waals surface area contributed by atoms with Crippen LogP contribution in [0.3, 0.4) is 0 Å². The van der Waals surface area contributed by atoms with Crippen molar-refractivity contribution in [3.8, 4) is 11.6 Å². The zero-order valence-electron chi connectivity index (χ0n) is 19.0. The van der Waals surface area contributed by atoms with Gasteiger partial charge < -0.3 is 21.5 Å². The van der Waals surface area contributed by atoms with E-state index in [9.17, 15) is 4.79 Å². The minimum Gasteiger partial charge on any atom is -0.496 e. The number of hydrogen-bond donors (Lipinski definition) is 3. The van der Waals surface area contributed by atoms with Crippen LogP contribution in [0.25, 0.3) is 16.9 Å². The smallest absolute Gasteiger partial charge is 0.252 e. The number of nitrogens with two attached hydrogens (primary N) is 2. The number of nitrogens with zero attached hydrogens (tertiary/aromatic N) is 3. The number of carbonyl (C=O) groups is 1. The highest BCUT2D eigenvalue weighted by Crippen LogP contribution is 2.28. The molecule has 33 heavy (non-hydrogen) atoms. The molecular formula is C25H28N6O2. The molecule has 2 aromatic carbocycles. The minimum absolute atomic E-state index is 0.238. The summed E-state index contributed by atoms with van der Waals surface area (Å²) in [6, 6.07) is 15.2. The van der Waals surface area contributed by atoms with E-state index in [4.69, 9.17) is 21.2 Å². The first-order valence-electron chi connectivity index (χ1n) is 10.8. The fraction of sp³-hybridized carbons (Fsp3) is 0.240. The predicted octanol–water partition coefficient (Wildman–Crippen LogP) is 3.51.